The van der Waals surface area contributed by atoms with Gasteiger partial charge in [0.15, 0.2) is 5.78 Å². The Balaban J connectivity index is 1.17. The van der Waals surface area contributed by atoms with Crippen LogP contribution >= 0.6 is 0 Å². The molecule has 6 nitrogen and oxygen atoms in total. The number of allylic oxidation sites excluding steroid dienone is 3. The van der Waals surface area contributed by atoms with Crippen molar-refractivity contribution in [1.29, 1.82) is 0 Å². The van der Waals surface area contributed by atoms with Crippen molar-refractivity contribution in [2.24, 2.45) is 17.3 Å². The summed E-state index contributed by atoms with van der Waals surface area (Å²) in [6.45, 7) is 5.72. The number of hydrogen-bond donors (Lipinski definition) is 2. The van der Waals surface area contributed by atoms with E-state index >= 15 is 0 Å². The molecule has 47 heavy (non-hydrogen) atoms. The number of nitrogens with one attached hydrogen (secondary N) is 1. The Labute approximate surface area is 279 Å². The van der Waals surface area contributed by atoms with E-state index in [1.807, 2.05) is 77.7 Å². The number of ketones is 1. The molecule has 1 amide bonds. The number of carbonyl (C=O) groups excluding carboxylic acids is 2. The number of benzene rings is 3. The van der Waals surface area contributed by atoms with Gasteiger partial charge in [0.25, 0.3) is 0 Å². The van der Waals surface area contributed by atoms with E-state index < -0.39 is 5.60 Å². The number of piperidine rings is 1. The van der Waals surface area contributed by atoms with Crippen LogP contribution in [-0.4, -0.2) is 47.4 Å². The molecule has 0 spiro atoms. The highest BCUT2D eigenvalue weighted by Crippen LogP contribution is 2.47. The fourth-order valence-corrected chi connectivity index (χ4v) is 8.68. The highest BCUT2D eigenvalue weighted by Gasteiger charge is 2.45. The van der Waals surface area contributed by atoms with Crippen molar-refractivity contribution < 1.29 is 14.7 Å². The van der Waals surface area contributed by atoms with Crippen LogP contribution in [0.1, 0.15) is 69.9 Å². The van der Waals surface area contributed by atoms with E-state index in [0.29, 0.717) is 32.4 Å². The van der Waals surface area contributed by atoms with Crippen LogP contribution in [0.15, 0.2) is 108 Å². The summed E-state index contributed by atoms with van der Waals surface area (Å²) in [6.07, 6.45) is 10.1. The minimum absolute atomic E-state index is 0.0304. The Bertz CT molecular complexity index is 1630. The molecule has 3 aromatic carbocycles. The zero-order valence-corrected chi connectivity index (χ0v) is 27.7. The Morgan fingerprint density at radius 2 is 1.51 bits per heavy atom. The molecule has 1 saturated heterocycles. The largest absolute Gasteiger partial charge is 0.380 e. The fraction of sp³-hybridized carbons (Fsp3) is 0.415. The molecule has 4 aliphatic rings. The SMILES string of the molecule is CC1(C)CC(=O)C2=C(C1)Nc1ccccc1N(CC(=O)N1CCC(C(O)(c3ccccc3)c3ccccc3)CC1)C2C1CC=CCC1. The molecule has 2 N–H and O–H groups in total. The first-order chi connectivity index (χ1) is 22.7. The third-order valence-corrected chi connectivity index (χ3v) is 11.0. The first kappa shape index (κ1) is 31.4. The first-order valence-electron chi connectivity index (χ1n) is 17.4. The Morgan fingerprint density at radius 3 is 2.15 bits per heavy atom. The van der Waals surface area contributed by atoms with Crippen LogP contribution in [0.3, 0.4) is 0 Å². The van der Waals surface area contributed by atoms with Gasteiger partial charge < -0.3 is 20.2 Å². The van der Waals surface area contributed by atoms with Gasteiger partial charge in [-0.05, 0) is 79.0 Å². The van der Waals surface area contributed by atoms with E-state index in [9.17, 15) is 14.7 Å². The van der Waals surface area contributed by atoms with Crippen molar-refractivity contribution in [3.63, 3.8) is 0 Å². The molecule has 2 heterocycles. The zero-order valence-electron chi connectivity index (χ0n) is 27.7. The van der Waals surface area contributed by atoms with Crippen LogP contribution in [0.5, 0.6) is 0 Å². The maximum absolute atomic E-state index is 14.3. The highest BCUT2D eigenvalue weighted by molar-refractivity contribution is 6.01. The van der Waals surface area contributed by atoms with Crippen LogP contribution in [0.25, 0.3) is 0 Å². The maximum atomic E-state index is 14.3. The van der Waals surface area contributed by atoms with Crippen LogP contribution in [-0.2, 0) is 15.2 Å². The minimum atomic E-state index is -1.13. The highest BCUT2D eigenvalue weighted by atomic mass is 16.3. The third kappa shape index (κ3) is 6.04. The van der Waals surface area contributed by atoms with E-state index in [2.05, 4.69) is 48.3 Å². The van der Waals surface area contributed by atoms with Gasteiger partial charge in [0.2, 0.25) is 5.91 Å². The quantitative estimate of drug-likeness (QED) is 0.277. The molecular weight excluding hydrogens is 582 g/mol. The average molecular weight is 630 g/mol. The van der Waals surface area contributed by atoms with Gasteiger partial charge >= 0.3 is 0 Å². The van der Waals surface area contributed by atoms with Crippen molar-refractivity contribution >= 4 is 23.1 Å². The number of rotatable bonds is 6. The van der Waals surface area contributed by atoms with Gasteiger partial charge in [-0.3, -0.25) is 9.59 Å². The third-order valence-electron chi connectivity index (χ3n) is 11.0. The van der Waals surface area contributed by atoms with Crippen molar-refractivity contribution in [3.8, 4) is 0 Å². The lowest BCUT2D eigenvalue weighted by molar-refractivity contribution is -0.132. The van der Waals surface area contributed by atoms with E-state index in [-0.39, 0.29) is 41.5 Å². The number of fused-ring (bicyclic) bond motifs is 1. The molecule has 2 atom stereocenters. The standard InChI is InChI=1S/C41H47N3O3/c1-40(2)26-34-38(36(45)27-40)39(29-14-6-3-7-15-29)44(35-21-13-12-20-33(35)42-34)28-37(46)43-24-22-32(23-25-43)41(47,30-16-8-4-9-17-30)31-18-10-5-11-19-31/h3-6,8-13,16-21,29,32,39,42,47H,7,14-15,22-28H2,1-2H3. The molecule has 0 radical (unpaired) electrons. The smallest absolute Gasteiger partial charge is 0.242 e. The van der Waals surface area contributed by atoms with E-state index in [0.717, 1.165) is 59.5 Å². The van der Waals surface area contributed by atoms with Gasteiger partial charge in [-0.1, -0.05) is 98.8 Å². The van der Waals surface area contributed by atoms with Gasteiger partial charge in [-0.15, -0.1) is 0 Å². The van der Waals surface area contributed by atoms with Gasteiger partial charge in [-0.25, -0.2) is 0 Å². The molecule has 3 aromatic rings. The Hall–Kier alpha value is -4.16. The second-order valence-electron chi connectivity index (χ2n) is 14.7. The molecule has 0 saturated carbocycles. The van der Waals surface area contributed by atoms with Crippen molar-refractivity contribution in [2.75, 3.05) is 29.9 Å². The molecule has 2 unspecified atom stereocenters. The maximum Gasteiger partial charge on any atom is 0.242 e. The van der Waals surface area contributed by atoms with E-state index in [4.69, 9.17) is 0 Å². The van der Waals surface area contributed by atoms with Crippen LogP contribution in [0.2, 0.25) is 0 Å². The summed E-state index contributed by atoms with van der Waals surface area (Å²) in [7, 11) is 0. The summed E-state index contributed by atoms with van der Waals surface area (Å²) in [5, 5.41) is 16.1. The number of carbonyl (C=O) groups is 2. The molecule has 0 bridgehead atoms. The molecule has 2 aliphatic heterocycles. The van der Waals surface area contributed by atoms with Crippen molar-refractivity contribution in [1.82, 2.24) is 4.90 Å². The van der Waals surface area contributed by atoms with Crippen molar-refractivity contribution in [3.05, 3.63) is 119 Å². The predicted octanol–water partition coefficient (Wildman–Crippen LogP) is 7.46. The lowest BCUT2D eigenvalue weighted by atomic mass is 9.71. The molecule has 6 heteroatoms. The van der Waals surface area contributed by atoms with Gasteiger partial charge in [-0.2, -0.15) is 0 Å². The molecule has 2 aliphatic carbocycles. The van der Waals surface area contributed by atoms with Crippen LogP contribution in [0, 0.1) is 17.3 Å². The van der Waals surface area contributed by atoms with Crippen LogP contribution < -0.4 is 10.2 Å². The summed E-state index contributed by atoms with van der Waals surface area (Å²) in [5.41, 5.74) is 4.37. The lowest BCUT2D eigenvalue weighted by Crippen LogP contribution is -2.52. The summed E-state index contributed by atoms with van der Waals surface area (Å²) >= 11 is 0. The second-order valence-corrected chi connectivity index (χ2v) is 14.7. The predicted molar refractivity (Wildman–Crippen MR) is 188 cm³/mol. The molecular formula is C41H47N3O3. The second kappa shape index (κ2) is 12.8. The summed E-state index contributed by atoms with van der Waals surface area (Å²) in [5.74, 6) is 0.492. The normalized spacial score (nSPS) is 23.1. The molecule has 7 rings (SSSR count). The van der Waals surface area contributed by atoms with Gasteiger partial charge in [0.1, 0.15) is 5.60 Å². The number of nitrogens with zero attached hydrogens (tertiary/aromatic N) is 2. The Kier molecular flexibility index (Phi) is 8.56. The van der Waals surface area contributed by atoms with Gasteiger partial charge in [0, 0.05) is 30.8 Å². The van der Waals surface area contributed by atoms with E-state index in [1.165, 1.54) is 0 Å². The molecule has 244 valence electrons. The summed E-state index contributed by atoms with van der Waals surface area (Å²) < 4.78 is 0. The number of aliphatic hydroxyl groups is 1. The summed E-state index contributed by atoms with van der Waals surface area (Å²) in [6, 6.07) is 28.0. The molecule has 0 aromatic heterocycles. The molecule has 1 fully saturated rings. The van der Waals surface area contributed by atoms with Crippen molar-refractivity contribution in [2.45, 2.75) is 70.4 Å². The fourth-order valence-electron chi connectivity index (χ4n) is 8.68. The van der Waals surface area contributed by atoms with Gasteiger partial charge in [0.05, 0.1) is 24.0 Å². The average Bonchev–Trinajstić information content (AvgIpc) is 3.23. The van der Waals surface area contributed by atoms with Crippen LogP contribution in [0.4, 0.5) is 11.4 Å². The number of amides is 1. The number of para-hydroxylation sites is 2. The zero-order chi connectivity index (χ0) is 32.6. The number of likely N-dealkylation sites (tertiary alicyclic amines) is 1. The minimum Gasteiger partial charge on any atom is -0.380 e. The monoisotopic (exact) mass is 629 g/mol. The van der Waals surface area contributed by atoms with E-state index in [1.54, 1.807) is 0 Å². The lowest BCUT2D eigenvalue weighted by Gasteiger charge is -2.44. The number of anilines is 2. The summed E-state index contributed by atoms with van der Waals surface area (Å²) in [4.78, 5) is 32.6. The number of Topliss-reactive ketones (excluding diaryl/α,β-unsaturated/α-hetero) is 1. The number of hydrogen-bond acceptors (Lipinski definition) is 5. The Morgan fingerprint density at radius 1 is 0.872 bits per heavy atom. The first-order valence-corrected chi connectivity index (χ1v) is 17.4. The topological polar surface area (TPSA) is 72.9 Å².